The molecule has 8 heteroatoms. The first kappa shape index (κ1) is 33.6. The Labute approximate surface area is 333 Å². The maximum atomic E-state index is 5.92. The highest BCUT2D eigenvalue weighted by molar-refractivity contribution is 6.21. The highest BCUT2D eigenvalue weighted by Crippen LogP contribution is 2.59. The van der Waals surface area contributed by atoms with E-state index in [-0.39, 0.29) is 5.92 Å². The van der Waals surface area contributed by atoms with Gasteiger partial charge < -0.3 is 0 Å². The molecule has 12 rings (SSSR count). The van der Waals surface area contributed by atoms with Gasteiger partial charge in [-0.1, -0.05) is 39.4 Å². The second-order valence-corrected chi connectivity index (χ2v) is 18.4. The molecule has 0 N–H and O–H groups in total. The Kier molecular flexibility index (Phi) is 5.77. The van der Waals surface area contributed by atoms with E-state index >= 15 is 0 Å². The van der Waals surface area contributed by atoms with Crippen LogP contribution in [0.2, 0.25) is 0 Å². The normalized spacial score (nSPS) is 22.4. The van der Waals surface area contributed by atoms with Crippen LogP contribution in [0.3, 0.4) is 0 Å². The van der Waals surface area contributed by atoms with Crippen molar-refractivity contribution in [3.8, 4) is 0 Å². The van der Waals surface area contributed by atoms with Crippen molar-refractivity contribution in [2.75, 3.05) is 0 Å². The molecule has 284 valence electrons. The third kappa shape index (κ3) is 3.14. The molecule has 57 heavy (non-hydrogen) atoms. The molecule has 6 aliphatic heterocycles. The van der Waals surface area contributed by atoms with Crippen molar-refractivity contribution >= 4 is 51.3 Å². The number of aliphatic imine (C=N–C) groups is 2. The van der Waals surface area contributed by atoms with Crippen molar-refractivity contribution in [1.29, 1.82) is 0 Å². The van der Waals surface area contributed by atoms with Crippen LogP contribution in [0.25, 0.3) is 16.3 Å². The molecule has 2 aromatic heterocycles. The maximum absolute atomic E-state index is 5.92. The summed E-state index contributed by atoms with van der Waals surface area (Å²) >= 11 is 0. The Bertz CT molecular complexity index is 3280. The molecule has 1 aliphatic carbocycles. The zero-order chi connectivity index (χ0) is 40.1. The van der Waals surface area contributed by atoms with Crippen LogP contribution in [-0.4, -0.2) is 41.6 Å². The lowest BCUT2D eigenvalue weighted by Gasteiger charge is -2.40. The molecule has 8 nitrogen and oxygen atoms in total. The highest BCUT2D eigenvalue weighted by Gasteiger charge is 2.71. The number of hydrogen-bond donors (Lipinski definition) is 0. The molecule has 3 atom stereocenters. The van der Waals surface area contributed by atoms with Crippen LogP contribution in [0.15, 0.2) is 25.5 Å². The van der Waals surface area contributed by atoms with Crippen LogP contribution in [0.5, 0.6) is 0 Å². The summed E-state index contributed by atoms with van der Waals surface area (Å²) in [4.78, 5) is 23.6. The predicted molar refractivity (Wildman–Crippen MR) is 229 cm³/mol. The van der Waals surface area contributed by atoms with Gasteiger partial charge in [0.1, 0.15) is 0 Å². The number of nitrogens with zero attached hydrogens (tertiary/aromatic N) is 8. The first-order valence-corrected chi connectivity index (χ1v) is 20.8. The number of hydrogen-bond acceptors (Lipinski definition) is 4. The van der Waals surface area contributed by atoms with E-state index in [1.165, 1.54) is 122 Å². The average molecular weight is 751 g/mol. The van der Waals surface area contributed by atoms with E-state index in [1.807, 2.05) is 0 Å². The van der Waals surface area contributed by atoms with Gasteiger partial charge in [0.25, 0.3) is 23.3 Å². The third-order valence-corrected chi connectivity index (χ3v) is 16.7. The van der Waals surface area contributed by atoms with E-state index in [0.29, 0.717) is 5.92 Å². The van der Waals surface area contributed by atoms with E-state index in [0.717, 1.165) is 46.0 Å². The predicted octanol–water partition coefficient (Wildman–Crippen LogP) is 8.80. The summed E-state index contributed by atoms with van der Waals surface area (Å²) in [6.07, 6.45) is 0. The summed E-state index contributed by atoms with van der Waals surface area (Å²) in [5.41, 5.74) is 27.5. The first-order valence-electron chi connectivity index (χ1n) is 20.8. The van der Waals surface area contributed by atoms with Crippen LogP contribution in [0, 0.1) is 89.0 Å². The number of benzene rings is 3. The smallest absolute Gasteiger partial charge is 0.192 e. The average Bonchev–Trinajstić information content (AvgIpc) is 3.92. The monoisotopic (exact) mass is 750 g/mol. The molecule has 0 fully saturated rings. The highest BCUT2D eigenvalue weighted by atomic mass is 15.7. The van der Waals surface area contributed by atoms with E-state index in [4.69, 9.17) is 20.0 Å². The lowest BCUT2D eigenvalue weighted by atomic mass is 9.75. The number of allylic oxidation sites excluding steroid dienone is 2. The minimum absolute atomic E-state index is 0.245. The summed E-state index contributed by atoms with van der Waals surface area (Å²) in [7, 11) is 0. The topological polar surface area (TPSA) is 65.3 Å². The Morgan fingerprint density at radius 2 is 0.825 bits per heavy atom. The van der Waals surface area contributed by atoms with Crippen molar-refractivity contribution in [3.63, 3.8) is 0 Å². The van der Waals surface area contributed by atoms with Gasteiger partial charge in [0.05, 0.1) is 33.0 Å². The second-order valence-electron chi connectivity index (χ2n) is 18.4. The minimum Gasteiger partial charge on any atom is -0.192 e. The molecule has 7 aliphatic rings. The van der Waals surface area contributed by atoms with Gasteiger partial charge in [0.15, 0.2) is 0 Å². The molecule has 0 saturated carbocycles. The standard InChI is InChI=1S/C49H50N8/c1-17-18(2)26(10)34-33(25(17)9)41-50-43-35-27(11)19(3)20(4)28(12)36(35)45-52-47-39-31(15)23(7)24(8)32(16)40(39)48-53-46-38-30(14)22(6)21(5)29(13)37(38)44-51-42(34)54(41)49(55(43)45,56(44)46)57(47)48/h17,25H,1-16H3/q+2/t17?,25?,49-/m1/s1. The van der Waals surface area contributed by atoms with Gasteiger partial charge in [0.2, 0.25) is 22.6 Å². The van der Waals surface area contributed by atoms with Gasteiger partial charge in [-0.15, -0.1) is 9.15 Å². The van der Waals surface area contributed by atoms with Crippen molar-refractivity contribution in [1.82, 2.24) is 9.13 Å². The van der Waals surface area contributed by atoms with Gasteiger partial charge in [0, 0.05) is 11.1 Å². The fraction of sp³-hybridized carbons (Fsp3) is 0.388. The van der Waals surface area contributed by atoms with E-state index in [2.05, 4.69) is 129 Å². The first-order chi connectivity index (χ1) is 27.0. The molecule has 3 aromatic carbocycles. The summed E-state index contributed by atoms with van der Waals surface area (Å²) in [5.74, 6) is 5.48. The SMILES string of the molecule is CC1=C(C)C(C)C(C)c2c1c1n3c2N=C2c4c(C)c(C)c(C)c(C)c4C4=[N+]2[C@]32n3c(c5c(C)c(C)c(C)c(C)c5c3=N4)=NC3=[N+]2C(=N1)c1c(C)c(C)c(C)c(C)c13. The number of aryl methyl sites for hydroxylation is 2. The molecule has 8 heterocycles. The van der Waals surface area contributed by atoms with Crippen LogP contribution < -0.4 is 11.0 Å². The Morgan fingerprint density at radius 3 is 1.28 bits per heavy atom. The molecular formula is C49H50N8+2. The summed E-state index contributed by atoms with van der Waals surface area (Å²) in [5, 5.41) is 2.39. The van der Waals surface area contributed by atoms with Gasteiger partial charge in [-0.05, 0) is 181 Å². The van der Waals surface area contributed by atoms with Crippen molar-refractivity contribution < 1.29 is 9.15 Å². The number of fused-ring (bicyclic) bond motifs is 12. The summed E-state index contributed by atoms with van der Waals surface area (Å²) in [6, 6.07) is 0. The molecule has 0 radical (unpaired) electrons. The van der Waals surface area contributed by atoms with E-state index < -0.39 is 5.91 Å². The van der Waals surface area contributed by atoms with E-state index in [1.54, 1.807) is 0 Å². The Balaban J connectivity index is 1.44. The summed E-state index contributed by atoms with van der Waals surface area (Å²) < 4.78 is 10.1. The van der Waals surface area contributed by atoms with Crippen LogP contribution >= 0.6 is 0 Å². The van der Waals surface area contributed by atoms with Gasteiger partial charge in [-0.2, -0.15) is 9.13 Å². The van der Waals surface area contributed by atoms with Crippen LogP contribution in [0.1, 0.15) is 134 Å². The fourth-order valence-corrected chi connectivity index (χ4v) is 12.1. The van der Waals surface area contributed by atoms with E-state index in [9.17, 15) is 0 Å². The molecule has 0 bridgehead atoms. The largest absolute Gasteiger partial charge is 0.404 e. The molecule has 0 saturated heterocycles. The number of aromatic nitrogens is 2. The van der Waals surface area contributed by atoms with Crippen molar-refractivity contribution in [2.24, 2.45) is 25.9 Å². The van der Waals surface area contributed by atoms with Gasteiger partial charge in [-0.3, -0.25) is 0 Å². The molecule has 0 amide bonds. The number of rotatable bonds is 0. The molecule has 5 aromatic rings. The zero-order valence-corrected chi connectivity index (χ0v) is 36.2. The lowest BCUT2D eigenvalue weighted by molar-refractivity contribution is -0.790. The molecular weight excluding hydrogens is 701 g/mol. The summed E-state index contributed by atoms with van der Waals surface area (Å²) in [6.45, 7) is 36.8. The third-order valence-electron chi connectivity index (χ3n) is 16.7. The lowest BCUT2D eigenvalue weighted by Crippen LogP contribution is -2.71. The number of amidine groups is 4. The van der Waals surface area contributed by atoms with Crippen molar-refractivity contribution in [3.05, 3.63) is 117 Å². The van der Waals surface area contributed by atoms with Crippen LogP contribution in [0.4, 0.5) is 11.6 Å². The molecule has 2 unspecified atom stereocenters. The van der Waals surface area contributed by atoms with Gasteiger partial charge >= 0.3 is 5.91 Å². The quantitative estimate of drug-likeness (QED) is 0.142. The second kappa shape index (κ2) is 9.78. The fourth-order valence-electron chi connectivity index (χ4n) is 12.1. The Morgan fingerprint density at radius 1 is 0.421 bits per heavy atom. The zero-order valence-electron chi connectivity index (χ0n) is 36.2. The Hall–Kier alpha value is -5.50. The molecule has 1 spiro atoms. The van der Waals surface area contributed by atoms with Gasteiger partial charge in [-0.25, -0.2) is 0 Å². The minimum atomic E-state index is -1.01. The van der Waals surface area contributed by atoms with Crippen molar-refractivity contribution in [2.45, 2.75) is 123 Å². The maximum Gasteiger partial charge on any atom is 0.404 e. The van der Waals surface area contributed by atoms with Crippen LogP contribution in [-0.2, 0) is 5.91 Å².